The molecule has 1 aromatic rings. The molecule has 122 valence electrons. The van der Waals surface area contributed by atoms with Crippen molar-refractivity contribution in [3.8, 4) is 0 Å². The highest BCUT2D eigenvalue weighted by atomic mass is 16.5. The van der Waals surface area contributed by atoms with Gasteiger partial charge in [0.1, 0.15) is 0 Å². The van der Waals surface area contributed by atoms with Crippen LogP contribution in [0.2, 0.25) is 0 Å². The van der Waals surface area contributed by atoms with Crippen molar-refractivity contribution in [2.75, 3.05) is 44.0 Å². The molecule has 0 spiro atoms. The number of carbonyl (C=O) groups excluding carboxylic acids is 2. The fraction of sp³-hybridized carbons (Fsp3) is 0.500. The third-order valence-corrected chi connectivity index (χ3v) is 3.13. The van der Waals surface area contributed by atoms with E-state index in [9.17, 15) is 9.59 Å². The van der Waals surface area contributed by atoms with Gasteiger partial charge < -0.3 is 15.4 Å². The van der Waals surface area contributed by atoms with E-state index in [4.69, 9.17) is 4.74 Å². The lowest BCUT2D eigenvalue weighted by Crippen LogP contribution is -2.34. The molecule has 0 fully saturated rings. The van der Waals surface area contributed by atoms with E-state index in [0.29, 0.717) is 24.5 Å². The van der Waals surface area contributed by atoms with Crippen molar-refractivity contribution in [2.24, 2.45) is 0 Å². The molecule has 0 aliphatic rings. The average molecular weight is 307 g/mol. The zero-order valence-corrected chi connectivity index (χ0v) is 13.5. The molecule has 0 heterocycles. The fourth-order valence-corrected chi connectivity index (χ4v) is 2.03. The predicted octanol–water partition coefficient (Wildman–Crippen LogP) is 1.94. The minimum absolute atomic E-state index is 0.0495. The van der Waals surface area contributed by atoms with Crippen molar-refractivity contribution in [1.82, 2.24) is 4.90 Å². The van der Waals surface area contributed by atoms with E-state index in [-0.39, 0.29) is 11.8 Å². The van der Waals surface area contributed by atoms with Gasteiger partial charge in [-0.2, -0.15) is 0 Å². The quantitative estimate of drug-likeness (QED) is 0.684. The zero-order valence-electron chi connectivity index (χ0n) is 13.5. The molecule has 0 saturated carbocycles. The molecule has 0 radical (unpaired) electrons. The average Bonchev–Trinajstić information content (AvgIpc) is 2.48. The number of ether oxygens (including phenoxy) is 1. The third-order valence-electron chi connectivity index (χ3n) is 3.13. The second kappa shape index (κ2) is 9.92. The molecule has 0 aliphatic heterocycles. The van der Waals surface area contributed by atoms with E-state index in [1.807, 2.05) is 6.92 Å². The number of hydrogen-bond donors (Lipinski definition) is 2. The van der Waals surface area contributed by atoms with Gasteiger partial charge >= 0.3 is 0 Å². The maximum Gasteiger partial charge on any atom is 0.238 e. The van der Waals surface area contributed by atoms with E-state index < -0.39 is 0 Å². The first-order chi connectivity index (χ1) is 10.5. The lowest BCUT2D eigenvalue weighted by Gasteiger charge is -2.19. The van der Waals surface area contributed by atoms with Gasteiger partial charge in [-0.3, -0.25) is 14.5 Å². The van der Waals surface area contributed by atoms with Crippen LogP contribution in [0.4, 0.5) is 11.4 Å². The van der Waals surface area contributed by atoms with Crippen LogP contribution in [0.5, 0.6) is 0 Å². The van der Waals surface area contributed by atoms with E-state index >= 15 is 0 Å². The predicted molar refractivity (Wildman–Crippen MR) is 88.0 cm³/mol. The maximum atomic E-state index is 12.0. The van der Waals surface area contributed by atoms with Gasteiger partial charge in [0, 0.05) is 38.6 Å². The van der Waals surface area contributed by atoms with Crippen molar-refractivity contribution in [3.05, 3.63) is 24.3 Å². The number of anilines is 2. The van der Waals surface area contributed by atoms with Gasteiger partial charge in [-0.1, -0.05) is 6.92 Å². The van der Waals surface area contributed by atoms with Crippen molar-refractivity contribution >= 4 is 23.2 Å². The molecular weight excluding hydrogens is 282 g/mol. The Labute approximate surface area is 131 Å². The Balaban J connectivity index is 2.44. The number of amides is 2. The first kappa shape index (κ1) is 18.1. The van der Waals surface area contributed by atoms with Crippen LogP contribution < -0.4 is 10.6 Å². The number of likely N-dealkylation sites (N-methyl/N-ethyl adjacent to an activating group) is 1. The number of carbonyl (C=O) groups is 2. The largest absolute Gasteiger partial charge is 0.385 e. The summed E-state index contributed by atoms with van der Waals surface area (Å²) in [5.74, 6) is -0.169. The number of benzene rings is 1. The van der Waals surface area contributed by atoms with E-state index in [1.165, 1.54) is 6.92 Å². The summed E-state index contributed by atoms with van der Waals surface area (Å²) in [6, 6.07) is 7.05. The van der Waals surface area contributed by atoms with Crippen molar-refractivity contribution in [2.45, 2.75) is 20.3 Å². The van der Waals surface area contributed by atoms with Gasteiger partial charge in [0.2, 0.25) is 11.8 Å². The van der Waals surface area contributed by atoms with Gasteiger partial charge in [-0.05, 0) is 37.2 Å². The lowest BCUT2D eigenvalue weighted by molar-refractivity contribution is -0.117. The molecule has 0 unspecified atom stereocenters. The molecule has 0 aliphatic carbocycles. The highest BCUT2D eigenvalue weighted by Gasteiger charge is 2.09. The number of nitrogens with one attached hydrogen (secondary N) is 2. The monoisotopic (exact) mass is 307 g/mol. The Morgan fingerprint density at radius 3 is 2.23 bits per heavy atom. The maximum absolute atomic E-state index is 12.0. The highest BCUT2D eigenvalue weighted by molar-refractivity contribution is 5.93. The Bertz CT molecular complexity index is 474. The van der Waals surface area contributed by atoms with Gasteiger partial charge in [0.25, 0.3) is 0 Å². The molecular formula is C16H25N3O3. The molecule has 6 nitrogen and oxygen atoms in total. The smallest absolute Gasteiger partial charge is 0.238 e. The number of rotatable bonds is 9. The Morgan fingerprint density at radius 2 is 1.73 bits per heavy atom. The standard InChI is InChI=1S/C16H25N3O3/c1-4-19(10-5-11-22-3)12-16(21)18-15-8-6-14(7-9-15)17-13(2)20/h6-9H,4-5,10-12H2,1-3H3,(H,17,20)(H,18,21). The number of nitrogens with zero attached hydrogens (tertiary/aromatic N) is 1. The molecule has 0 atom stereocenters. The van der Waals surface area contributed by atoms with E-state index in [2.05, 4.69) is 15.5 Å². The zero-order chi connectivity index (χ0) is 16.4. The summed E-state index contributed by atoms with van der Waals surface area (Å²) in [6.07, 6.45) is 0.906. The van der Waals surface area contributed by atoms with Crippen LogP contribution in [0.1, 0.15) is 20.3 Å². The summed E-state index contributed by atoms with van der Waals surface area (Å²) in [4.78, 5) is 25.0. The molecule has 1 rings (SSSR count). The van der Waals surface area contributed by atoms with Gasteiger partial charge in [-0.25, -0.2) is 0 Å². The summed E-state index contributed by atoms with van der Waals surface area (Å²) in [6.45, 7) is 6.19. The van der Waals surface area contributed by atoms with Gasteiger partial charge in [-0.15, -0.1) is 0 Å². The molecule has 22 heavy (non-hydrogen) atoms. The van der Waals surface area contributed by atoms with Crippen LogP contribution in [-0.2, 0) is 14.3 Å². The fourth-order valence-electron chi connectivity index (χ4n) is 2.03. The van der Waals surface area contributed by atoms with Crippen LogP contribution in [0.15, 0.2) is 24.3 Å². The number of methoxy groups -OCH3 is 1. The van der Waals surface area contributed by atoms with Crippen LogP contribution in [0.25, 0.3) is 0 Å². The van der Waals surface area contributed by atoms with Gasteiger partial charge in [0.15, 0.2) is 0 Å². The minimum Gasteiger partial charge on any atom is -0.385 e. The van der Waals surface area contributed by atoms with Crippen LogP contribution in [0.3, 0.4) is 0 Å². The van der Waals surface area contributed by atoms with Gasteiger partial charge in [0.05, 0.1) is 6.54 Å². The first-order valence-corrected chi connectivity index (χ1v) is 7.44. The van der Waals surface area contributed by atoms with E-state index in [1.54, 1.807) is 31.4 Å². The Kier molecular flexibility index (Phi) is 8.17. The molecule has 2 N–H and O–H groups in total. The molecule has 0 aromatic heterocycles. The summed E-state index contributed by atoms with van der Waals surface area (Å²) in [7, 11) is 1.67. The van der Waals surface area contributed by atoms with Crippen molar-refractivity contribution < 1.29 is 14.3 Å². The second-order valence-electron chi connectivity index (χ2n) is 5.02. The Hall–Kier alpha value is -1.92. The summed E-state index contributed by atoms with van der Waals surface area (Å²) >= 11 is 0. The molecule has 0 saturated heterocycles. The highest BCUT2D eigenvalue weighted by Crippen LogP contribution is 2.13. The molecule has 1 aromatic carbocycles. The lowest BCUT2D eigenvalue weighted by atomic mass is 10.2. The normalized spacial score (nSPS) is 10.5. The molecule has 0 bridgehead atoms. The van der Waals surface area contributed by atoms with Crippen molar-refractivity contribution in [3.63, 3.8) is 0 Å². The summed E-state index contributed by atoms with van der Waals surface area (Å²) in [5.41, 5.74) is 1.42. The second-order valence-corrected chi connectivity index (χ2v) is 5.02. The summed E-state index contributed by atoms with van der Waals surface area (Å²) < 4.78 is 5.02. The summed E-state index contributed by atoms with van der Waals surface area (Å²) in [5, 5.41) is 5.54. The van der Waals surface area contributed by atoms with E-state index in [0.717, 1.165) is 19.5 Å². The number of hydrogen-bond acceptors (Lipinski definition) is 4. The minimum atomic E-state index is -0.119. The topological polar surface area (TPSA) is 70.7 Å². The SMILES string of the molecule is CCN(CCCOC)CC(=O)Nc1ccc(NC(C)=O)cc1. The first-order valence-electron chi connectivity index (χ1n) is 7.44. The Morgan fingerprint density at radius 1 is 1.14 bits per heavy atom. The third kappa shape index (κ3) is 7.19. The van der Waals surface area contributed by atoms with Crippen LogP contribution >= 0.6 is 0 Å². The van der Waals surface area contributed by atoms with Crippen molar-refractivity contribution in [1.29, 1.82) is 0 Å². The van der Waals surface area contributed by atoms with Crippen LogP contribution in [-0.4, -0.2) is 50.1 Å². The molecule has 2 amide bonds. The molecule has 6 heteroatoms. The van der Waals surface area contributed by atoms with Crippen LogP contribution in [0, 0.1) is 0 Å².